The lowest BCUT2D eigenvalue weighted by Crippen LogP contribution is -2.53. The second-order valence-electron chi connectivity index (χ2n) is 8.69. The standard InChI is InChI=1S/C19H30O3/c1-18-8-7-16-14(15(18)4-5-17(18)22)3-2-12-10-13(21)6-9-19(12,16)11-20/h2,13-17,20-22H,3-11H2,1H3/t13-,14+,15+,16+,17-,18+,19-/m1/s1. The molecule has 0 bridgehead atoms. The van der Waals surface area contributed by atoms with E-state index in [9.17, 15) is 15.3 Å². The Labute approximate surface area is 133 Å². The molecule has 4 rings (SSSR count). The molecule has 22 heavy (non-hydrogen) atoms. The van der Waals surface area contributed by atoms with Crippen molar-refractivity contribution in [3.63, 3.8) is 0 Å². The molecule has 0 aliphatic heterocycles. The molecule has 3 saturated carbocycles. The number of aliphatic hydroxyl groups is 3. The minimum atomic E-state index is -0.218. The van der Waals surface area contributed by atoms with Crippen molar-refractivity contribution in [3.05, 3.63) is 11.6 Å². The van der Waals surface area contributed by atoms with E-state index in [1.54, 1.807) is 0 Å². The Balaban J connectivity index is 1.70. The van der Waals surface area contributed by atoms with Crippen molar-refractivity contribution in [2.75, 3.05) is 6.61 Å². The highest BCUT2D eigenvalue weighted by atomic mass is 16.3. The van der Waals surface area contributed by atoms with Gasteiger partial charge in [-0.05, 0) is 74.5 Å². The number of hydrogen-bond donors (Lipinski definition) is 3. The average molecular weight is 306 g/mol. The van der Waals surface area contributed by atoms with Gasteiger partial charge >= 0.3 is 0 Å². The lowest BCUT2D eigenvalue weighted by Gasteiger charge is -2.58. The highest BCUT2D eigenvalue weighted by molar-refractivity contribution is 5.26. The van der Waals surface area contributed by atoms with Gasteiger partial charge in [-0.15, -0.1) is 0 Å². The van der Waals surface area contributed by atoms with Gasteiger partial charge in [0.1, 0.15) is 0 Å². The minimum absolute atomic E-state index is 0.0724. The summed E-state index contributed by atoms with van der Waals surface area (Å²) in [5.74, 6) is 1.77. The molecule has 0 aromatic heterocycles. The van der Waals surface area contributed by atoms with Gasteiger partial charge in [0.15, 0.2) is 0 Å². The predicted molar refractivity (Wildman–Crippen MR) is 85.1 cm³/mol. The zero-order valence-corrected chi connectivity index (χ0v) is 13.7. The van der Waals surface area contributed by atoms with E-state index >= 15 is 0 Å². The molecule has 0 aromatic rings. The van der Waals surface area contributed by atoms with Crippen LogP contribution in [0.3, 0.4) is 0 Å². The maximum atomic E-state index is 10.5. The summed E-state index contributed by atoms with van der Waals surface area (Å²) < 4.78 is 0. The van der Waals surface area contributed by atoms with Crippen LogP contribution in [0.5, 0.6) is 0 Å². The SMILES string of the molecule is C[C@]12CC[C@H]3[C@@H](CC=C4C[C@H](O)CC[C@@]43CO)[C@@H]1CC[C@H]2O. The molecule has 0 radical (unpaired) electrons. The first-order chi connectivity index (χ1) is 10.5. The van der Waals surface area contributed by atoms with Crippen molar-refractivity contribution in [3.8, 4) is 0 Å². The van der Waals surface area contributed by atoms with Gasteiger partial charge < -0.3 is 15.3 Å². The summed E-state index contributed by atoms with van der Waals surface area (Å²) in [6, 6.07) is 0. The molecule has 3 fully saturated rings. The molecule has 7 atom stereocenters. The lowest BCUT2D eigenvalue weighted by atomic mass is 9.47. The summed E-state index contributed by atoms with van der Waals surface area (Å²) in [5.41, 5.74) is 1.35. The highest BCUT2D eigenvalue weighted by Gasteiger charge is 2.59. The fourth-order valence-corrected chi connectivity index (χ4v) is 6.70. The van der Waals surface area contributed by atoms with Crippen LogP contribution >= 0.6 is 0 Å². The summed E-state index contributed by atoms with van der Waals surface area (Å²) in [6.07, 6.45) is 9.91. The van der Waals surface area contributed by atoms with E-state index in [2.05, 4.69) is 13.0 Å². The topological polar surface area (TPSA) is 60.7 Å². The molecular weight excluding hydrogens is 276 g/mol. The summed E-state index contributed by atoms with van der Waals surface area (Å²) in [4.78, 5) is 0. The van der Waals surface area contributed by atoms with E-state index in [1.807, 2.05) is 0 Å². The first-order valence-corrected chi connectivity index (χ1v) is 9.18. The van der Waals surface area contributed by atoms with Crippen LogP contribution < -0.4 is 0 Å². The second-order valence-corrected chi connectivity index (χ2v) is 8.69. The number of fused-ring (bicyclic) bond motifs is 5. The Morgan fingerprint density at radius 2 is 1.91 bits per heavy atom. The van der Waals surface area contributed by atoms with Gasteiger partial charge in [-0.25, -0.2) is 0 Å². The van der Waals surface area contributed by atoms with E-state index in [-0.39, 0.29) is 29.6 Å². The van der Waals surface area contributed by atoms with E-state index in [0.717, 1.165) is 51.4 Å². The van der Waals surface area contributed by atoms with Gasteiger partial charge in [0.2, 0.25) is 0 Å². The normalized spacial score (nSPS) is 54.2. The maximum absolute atomic E-state index is 10.5. The van der Waals surface area contributed by atoms with E-state index in [4.69, 9.17) is 0 Å². The van der Waals surface area contributed by atoms with Crippen molar-refractivity contribution in [2.45, 2.75) is 70.5 Å². The van der Waals surface area contributed by atoms with Gasteiger partial charge in [0, 0.05) is 5.41 Å². The predicted octanol–water partition coefficient (Wildman–Crippen LogP) is 2.64. The van der Waals surface area contributed by atoms with E-state index in [0.29, 0.717) is 17.8 Å². The van der Waals surface area contributed by atoms with Gasteiger partial charge in [-0.1, -0.05) is 18.6 Å². The monoisotopic (exact) mass is 306 g/mol. The lowest BCUT2D eigenvalue weighted by molar-refractivity contribution is -0.0889. The molecule has 124 valence electrons. The molecule has 0 heterocycles. The zero-order chi connectivity index (χ0) is 15.5. The molecule has 0 spiro atoms. The second kappa shape index (κ2) is 5.06. The third-order valence-electron chi connectivity index (χ3n) is 8.03. The summed E-state index contributed by atoms with van der Waals surface area (Å²) in [6.45, 7) is 2.53. The maximum Gasteiger partial charge on any atom is 0.0596 e. The molecular formula is C19H30O3. The van der Waals surface area contributed by atoms with Crippen LogP contribution in [-0.4, -0.2) is 34.1 Å². The summed E-state index contributed by atoms with van der Waals surface area (Å²) in [5, 5.41) is 30.8. The van der Waals surface area contributed by atoms with Crippen LogP contribution in [0.1, 0.15) is 58.3 Å². The van der Waals surface area contributed by atoms with Crippen molar-refractivity contribution in [1.82, 2.24) is 0 Å². The van der Waals surface area contributed by atoms with Gasteiger partial charge in [-0.2, -0.15) is 0 Å². The Hall–Kier alpha value is -0.380. The third kappa shape index (κ3) is 1.85. The van der Waals surface area contributed by atoms with Gasteiger partial charge in [0.05, 0.1) is 18.8 Å². The van der Waals surface area contributed by atoms with Gasteiger partial charge in [0.25, 0.3) is 0 Å². The van der Waals surface area contributed by atoms with E-state index in [1.165, 1.54) is 5.57 Å². The van der Waals surface area contributed by atoms with E-state index < -0.39 is 0 Å². The fourth-order valence-electron chi connectivity index (χ4n) is 6.70. The first-order valence-electron chi connectivity index (χ1n) is 9.18. The fraction of sp³-hybridized carbons (Fsp3) is 0.895. The molecule has 0 saturated heterocycles. The highest BCUT2D eigenvalue weighted by Crippen LogP contribution is 2.64. The van der Waals surface area contributed by atoms with Crippen molar-refractivity contribution < 1.29 is 15.3 Å². The average Bonchev–Trinajstić information content (AvgIpc) is 2.82. The molecule has 4 aliphatic carbocycles. The first kappa shape index (κ1) is 15.2. The van der Waals surface area contributed by atoms with Crippen molar-refractivity contribution in [1.29, 1.82) is 0 Å². The summed E-state index contributed by atoms with van der Waals surface area (Å²) in [7, 11) is 0. The zero-order valence-electron chi connectivity index (χ0n) is 13.7. The number of hydrogen-bond acceptors (Lipinski definition) is 3. The molecule has 3 nitrogen and oxygen atoms in total. The Bertz CT molecular complexity index is 487. The minimum Gasteiger partial charge on any atom is -0.395 e. The molecule has 4 aliphatic rings. The largest absolute Gasteiger partial charge is 0.395 e. The molecule has 0 aromatic carbocycles. The number of allylic oxidation sites excluding steroid dienone is 1. The van der Waals surface area contributed by atoms with Crippen LogP contribution in [-0.2, 0) is 0 Å². The Morgan fingerprint density at radius 3 is 2.68 bits per heavy atom. The van der Waals surface area contributed by atoms with Gasteiger partial charge in [-0.3, -0.25) is 0 Å². The molecule has 3 heteroatoms. The van der Waals surface area contributed by atoms with Crippen LogP contribution in [0.15, 0.2) is 11.6 Å². The number of rotatable bonds is 1. The number of aliphatic hydroxyl groups excluding tert-OH is 3. The van der Waals surface area contributed by atoms with Crippen LogP contribution in [0.2, 0.25) is 0 Å². The smallest absolute Gasteiger partial charge is 0.0596 e. The Kier molecular flexibility index (Phi) is 3.49. The van der Waals surface area contributed by atoms with Crippen LogP contribution in [0.25, 0.3) is 0 Å². The molecule has 3 N–H and O–H groups in total. The third-order valence-corrected chi connectivity index (χ3v) is 8.03. The molecule has 0 amide bonds. The van der Waals surface area contributed by atoms with Crippen LogP contribution in [0.4, 0.5) is 0 Å². The summed E-state index contributed by atoms with van der Waals surface area (Å²) >= 11 is 0. The van der Waals surface area contributed by atoms with Crippen LogP contribution in [0, 0.1) is 28.6 Å². The van der Waals surface area contributed by atoms with Crippen molar-refractivity contribution >= 4 is 0 Å². The molecule has 0 unspecified atom stereocenters. The van der Waals surface area contributed by atoms with Crippen molar-refractivity contribution in [2.24, 2.45) is 28.6 Å². The Morgan fingerprint density at radius 1 is 1.09 bits per heavy atom. The quantitative estimate of drug-likeness (QED) is 0.653.